The van der Waals surface area contributed by atoms with Crippen molar-refractivity contribution in [3.8, 4) is 0 Å². The maximum atomic E-state index is 12.8. The molecule has 4 aliphatic carbocycles. The fourth-order valence-corrected chi connectivity index (χ4v) is 7.03. The molecular weight excluding hydrogens is 346 g/mol. The number of nitrogens with one attached hydrogen (secondary N) is 1. The normalized spacial score (nSPS) is 32.1. The van der Waals surface area contributed by atoms with Crippen molar-refractivity contribution in [1.82, 2.24) is 15.1 Å². The zero-order valence-corrected chi connectivity index (χ0v) is 18.6. The van der Waals surface area contributed by atoms with Gasteiger partial charge in [0.2, 0.25) is 5.91 Å². The van der Waals surface area contributed by atoms with Crippen molar-refractivity contribution in [3.63, 3.8) is 0 Å². The third-order valence-corrected chi connectivity index (χ3v) is 8.05. The van der Waals surface area contributed by atoms with Crippen LogP contribution < -0.4 is 5.32 Å². The van der Waals surface area contributed by atoms with Gasteiger partial charge in [-0.2, -0.15) is 5.10 Å². The molecular formula is C24H39N3O. The van der Waals surface area contributed by atoms with Crippen molar-refractivity contribution in [2.45, 2.75) is 98.6 Å². The summed E-state index contributed by atoms with van der Waals surface area (Å²) in [4.78, 5) is 12.8. The maximum Gasteiger partial charge on any atom is 0.220 e. The summed E-state index contributed by atoms with van der Waals surface area (Å²) in [6.45, 7) is 11.9. The summed E-state index contributed by atoms with van der Waals surface area (Å²) < 4.78 is 2.12. The van der Waals surface area contributed by atoms with Crippen molar-refractivity contribution >= 4 is 5.91 Å². The summed E-state index contributed by atoms with van der Waals surface area (Å²) >= 11 is 0. The van der Waals surface area contributed by atoms with Crippen molar-refractivity contribution < 1.29 is 4.79 Å². The van der Waals surface area contributed by atoms with Crippen molar-refractivity contribution in [2.75, 3.05) is 0 Å². The van der Waals surface area contributed by atoms with E-state index in [4.69, 9.17) is 5.10 Å². The molecule has 0 aliphatic heterocycles. The number of hydrogen-bond donors (Lipinski definition) is 1. The molecule has 156 valence electrons. The van der Waals surface area contributed by atoms with Gasteiger partial charge in [0.05, 0.1) is 5.69 Å². The monoisotopic (exact) mass is 385 g/mol. The largest absolute Gasteiger partial charge is 0.353 e. The Labute approximate surface area is 170 Å². The lowest BCUT2D eigenvalue weighted by Crippen LogP contribution is -2.55. The zero-order chi connectivity index (χ0) is 20.1. The molecule has 1 heterocycles. The number of carbonyl (C=O) groups is 1. The Hall–Kier alpha value is -1.32. The van der Waals surface area contributed by atoms with Gasteiger partial charge in [-0.1, -0.05) is 13.8 Å². The predicted molar refractivity (Wildman–Crippen MR) is 113 cm³/mol. The summed E-state index contributed by atoms with van der Waals surface area (Å²) in [7, 11) is 0. The minimum Gasteiger partial charge on any atom is -0.353 e. The van der Waals surface area contributed by atoms with Gasteiger partial charge in [-0.25, -0.2) is 0 Å². The lowest BCUT2D eigenvalue weighted by atomic mass is 9.48. The highest BCUT2D eigenvalue weighted by Crippen LogP contribution is 2.61. The fraction of sp³-hybridized carbons (Fsp3) is 0.833. The molecule has 4 bridgehead atoms. The van der Waals surface area contributed by atoms with E-state index in [2.05, 4.69) is 44.6 Å². The number of aromatic nitrogens is 2. The van der Waals surface area contributed by atoms with Gasteiger partial charge < -0.3 is 5.32 Å². The predicted octanol–water partition coefficient (Wildman–Crippen LogP) is 4.81. The van der Waals surface area contributed by atoms with Crippen molar-refractivity contribution in [2.24, 2.45) is 29.1 Å². The SMILES string of the molecule is Cc1nn(CC(C)C)c(C)c1CCC(=O)N[C@@H](C)C12CC3CC(CC(C3)C1)C2. The van der Waals surface area contributed by atoms with Crippen molar-refractivity contribution in [1.29, 1.82) is 0 Å². The average molecular weight is 386 g/mol. The van der Waals surface area contributed by atoms with Crippen LogP contribution in [0.15, 0.2) is 0 Å². The highest BCUT2D eigenvalue weighted by Gasteiger charge is 2.53. The van der Waals surface area contributed by atoms with E-state index in [0.717, 1.165) is 36.4 Å². The quantitative estimate of drug-likeness (QED) is 0.732. The first-order valence-electron chi connectivity index (χ1n) is 11.6. The van der Waals surface area contributed by atoms with E-state index in [1.165, 1.54) is 49.8 Å². The first kappa shape index (κ1) is 20.0. The minimum absolute atomic E-state index is 0.221. The zero-order valence-electron chi connectivity index (χ0n) is 18.6. The number of hydrogen-bond acceptors (Lipinski definition) is 2. The molecule has 1 N–H and O–H groups in total. The standard InChI is InChI=1S/C24H39N3O/c1-15(2)14-27-17(4)22(16(3)26-27)6-7-23(28)25-18(5)24-11-19-8-20(12-24)10-21(9-19)13-24/h15,18-21H,6-14H2,1-5H3,(H,25,28)/t18-,19?,20?,21?,24?/m0/s1. The van der Waals surface area contributed by atoms with Crippen LogP contribution in [-0.2, 0) is 17.8 Å². The van der Waals surface area contributed by atoms with Gasteiger partial charge in [-0.3, -0.25) is 9.48 Å². The molecule has 4 heteroatoms. The van der Waals surface area contributed by atoms with Gasteiger partial charge in [-0.15, -0.1) is 0 Å². The van der Waals surface area contributed by atoms with E-state index < -0.39 is 0 Å². The molecule has 0 saturated heterocycles. The van der Waals surface area contributed by atoms with Crippen LogP contribution in [0.2, 0.25) is 0 Å². The molecule has 4 saturated carbocycles. The summed E-state index contributed by atoms with van der Waals surface area (Å²) in [6.07, 6.45) is 9.79. The van der Waals surface area contributed by atoms with Crippen LogP contribution in [0.25, 0.3) is 0 Å². The Balaban J connectivity index is 1.35. The summed E-state index contributed by atoms with van der Waals surface area (Å²) in [5.74, 6) is 3.60. The molecule has 0 unspecified atom stereocenters. The molecule has 0 radical (unpaired) electrons. The molecule has 4 aliphatic rings. The van der Waals surface area contributed by atoms with Gasteiger partial charge in [0, 0.05) is 24.7 Å². The second kappa shape index (κ2) is 7.50. The van der Waals surface area contributed by atoms with Gasteiger partial charge in [0.25, 0.3) is 0 Å². The number of rotatable bonds is 7. The van der Waals surface area contributed by atoms with Gasteiger partial charge in [-0.05, 0) is 100 Å². The highest BCUT2D eigenvalue weighted by atomic mass is 16.1. The highest BCUT2D eigenvalue weighted by molar-refractivity contribution is 5.76. The van der Waals surface area contributed by atoms with Gasteiger partial charge in [0.1, 0.15) is 0 Å². The summed E-state index contributed by atoms with van der Waals surface area (Å²) in [5.41, 5.74) is 3.96. The van der Waals surface area contributed by atoms with Crippen LogP contribution in [-0.4, -0.2) is 21.7 Å². The van der Waals surface area contributed by atoms with Gasteiger partial charge >= 0.3 is 0 Å². The van der Waals surface area contributed by atoms with E-state index in [1.54, 1.807) is 0 Å². The number of nitrogens with zero attached hydrogens (tertiary/aromatic N) is 2. The molecule has 1 aromatic heterocycles. The molecule has 28 heavy (non-hydrogen) atoms. The lowest BCUT2D eigenvalue weighted by molar-refractivity contribution is -0.125. The maximum absolute atomic E-state index is 12.8. The first-order chi connectivity index (χ1) is 13.3. The summed E-state index contributed by atoms with van der Waals surface area (Å²) in [5, 5.41) is 8.12. The minimum atomic E-state index is 0.221. The van der Waals surface area contributed by atoms with Crippen LogP contribution >= 0.6 is 0 Å². The van der Waals surface area contributed by atoms with E-state index in [-0.39, 0.29) is 5.91 Å². The van der Waals surface area contributed by atoms with Crippen molar-refractivity contribution in [3.05, 3.63) is 17.0 Å². The topological polar surface area (TPSA) is 46.9 Å². The molecule has 0 aromatic carbocycles. The molecule has 4 nitrogen and oxygen atoms in total. The van der Waals surface area contributed by atoms with E-state index >= 15 is 0 Å². The Kier molecular flexibility index (Phi) is 5.35. The van der Waals surface area contributed by atoms with Crippen LogP contribution in [0.4, 0.5) is 0 Å². The van der Waals surface area contributed by atoms with E-state index in [0.29, 0.717) is 23.8 Å². The third kappa shape index (κ3) is 3.76. The van der Waals surface area contributed by atoms with E-state index in [1.807, 2.05) is 0 Å². The second-order valence-electron chi connectivity index (χ2n) is 10.8. The lowest BCUT2D eigenvalue weighted by Gasteiger charge is -2.59. The summed E-state index contributed by atoms with van der Waals surface area (Å²) in [6, 6.07) is 0.319. The fourth-order valence-electron chi connectivity index (χ4n) is 7.03. The molecule has 5 rings (SSSR count). The third-order valence-electron chi connectivity index (χ3n) is 8.05. The molecule has 4 fully saturated rings. The van der Waals surface area contributed by atoms with Gasteiger partial charge in [0.15, 0.2) is 0 Å². The first-order valence-corrected chi connectivity index (χ1v) is 11.6. The second-order valence-corrected chi connectivity index (χ2v) is 10.8. The van der Waals surface area contributed by atoms with Crippen LogP contribution in [0.1, 0.15) is 82.7 Å². The van der Waals surface area contributed by atoms with Crippen LogP contribution in [0.3, 0.4) is 0 Å². The molecule has 1 atom stereocenters. The number of aryl methyl sites for hydroxylation is 1. The molecule has 1 amide bonds. The Bertz CT molecular complexity index is 697. The van der Waals surface area contributed by atoms with Crippen LogP contribution in [0.5, 0.6) is 0 Å². The smallest absolute Gasteiger partial charge is 0.220 e. The Morgan fingerprint density at radius 3 is 2.21 bits per heavy atom. The molecule has 1 aromatic rings. The Morgan fingerprint density at radius 1 is 1.11 bits per heavy atom. The number of carbonyl (C=O) groups excluding carboxylic acids is 1. The van der Waals surface area contributed by atoms with Crippen LogP contribution in [0, 0.1) is 42.9 Å². The number of amides is 1. The average Bonchev–Trinajstić information content (AvgIpc) is 2.84. The van der Waals surface area contributed by atoms with E-state index in [9.17, 15) is 4.79 Å². The molecule has 0 spiro atoms. The Morgan fingerprint density at radius 2 is 1.68 bits per heavy atom.